The Balaban J connectivity index is 2.09. The van der Waals surface area contributed by atoms with Crippen LogP contribution in [-0.4, -0.2) is 29.9 Å². The van der Waals surface area contributed by atoms with Gasteiger partial charge in [-0.25, -0.2) is 0 Å². The second kappa shape index (κ2) is 5.92. The van der Waals surface area contributed by atoms with Crippen LogP contribution in [0.4, 0.5) is 5.69 Å². The van der Waals surface area contributed by atoms with Gasteiger partial charge in [-0.2, -0.15) is 0 Å². The van der Waals surface area contributed by atoms with Gasteiger partial charge in [0.15, 0.2) is 0 Å². The molecule has 0 saturated carbocycles. The van der Waals surface area contributed by atoms with E-state index in [4.69, 9.17) is 0 Å². The van der Waals surface area contributed by atoms with Gasteiger partial charge in [-0.3, -0.25) is 4.79 Å². The smallest absolute Gasteiger partial charge is 0.272 e. The predicted octanol–water partition coefficient (Wildman–Crippen LogP) is 2.95. The van der Waals surface area contributed by atoms with Crippen LogP contribution in [0.25, 0.3) is 0 Å². The molecule has 0 unspecified atom stereocenters. The van der Waals surface area contributed by atoms with Crippen LogP contribution in [0, 0.1) is 13.8 Å². The Morgan fingerprint density at radius 2 is 2.00 bits per heavy atom. The minimum absolute atomic E-state index is 0.109. The van der Waals surface area contributed by atoms with Gasteiger partial charge in [0.1, 0.15) is 5.69 Å². The standard InChI is InChI=1S/C16H21N3O/c1-11-5-6-14(12(2)7-11)18-16(20)15-8-13(9-17-15)10-19(3)4/h5-9,17H,10H2,1-4H3,(H,18,20). The molecular weight excluding hydrogens is 250 g/mol. The van der Waals surface area contributed by atoms with Crippen molar-refractivity contribution < 1.29 is 4.79 Å². The van der Waals surface area contributed by atoms with Gasteiger partial charge >= 0.3 is 0 Å². The number of nitrogens with one attached hydrogen (secondary N) is 2. The Labute approximate surface area is 119 Å². The van der Waals surface area contributed by atoms with E-state index in [1.165, 1.54) is 5.56 Å². The molecular formula is C16H21N3O. The zero-order valence-corrected chi connectivity index (χ0v) is 12.4. The summed E-state index contributed by atoms with van der Waals surface area (Å²) >= 11 is 0. The number of aromatic nitrogens is 1. The van der Waals surface area contributed by atoms with Crippen molar-refractivity contribution in [2.75, 3.05) is 19.4 Å². The highest BCUT2D eigenvalue weighted by Crippen LogP contribution is 2.17. The monoisotopic (exact) mass is 271 g/mol. The van der Waals surface area contributed by atoms with E-state index in [0.29, 0.717) is 5.69 Å². The largest absolute Gasteiger partial charge is 0.357 e. The third-order valence-corrected chi connectivity index (χ3v) is 3.12. The lowest BCUT2D eigenvalue weighted by atomic mass is 10.1. The highest BCUT2D eigenvalue weighted by Gasteiger charge is 2.10. The maximum Gasteiger partial charge on any atom is 0.272 e. The van der Waals surface area contributed by atoms with E-state index in [0.717, 1.165) is 23.4 Å². The first-order valence-electron chi connectivity index (χ1n) is 6.66. The third-order valence-electron chi connectivity index (χ3n) is 3.12. The maximum absolute atomic E-state index is 12.2. The third kappa shape index (κ3) is 3.48. The molecule has 0 atom stereocenters. The van der Waals surface area contributed by atoms with Gasteiger partial charge in [0.2, 0.25) is 0 Å². The second-order valence-corrected chi connectivity index (χ2v) is 5.43. The Hall–Kier alpha value is -2.07. The van der Waals surface area contributed by atoms with Crippen LogP contribution in [0.3, 0.4) is 0 Å². The van der Waals surface area contributed by atoms with Crippen molar-refractivity contribution in [2.45, 2.75) is 20.4 Å². The number of hydrogen-bond donors (Lipinski definition) is 2. The van der Waals surface area contributed by atoms with E-state index in [-0.39, 0.29) is 5.91 Å². The second-order valence-electron chi connectivity index (χ2n) is 5.43. The number of aromatic amines is 1. The average Bonchev–Trinajstić information content (AvgIpc) is 2.80. The lowest BCUT2D eigenvalue weighted by Crippen LogP contribution is -2.13. The molecule has 1 amide bonds. The van der Waals surface area contributed by atoms with Crippen molar-refractivity contribution >= 4 is 11.6 Å². The molecule has 0 spiro atoms. The molecule has 1 heterocycles. The van der Waals surface area contributed by atoms with Crippen LogP contribution >= 0.6 is 0 Å². The number of anilines is 1. The summed E-state index contributed by atoms with van der Waals surface area (Å²) in [6.45, 7) is 4.85. The van der Waals surface area contributed by atoms with Crippen molar-refractivity contribution in [3.63, 3.8) is 0 Å². The van der Waals surface area contributed by atoms with E-state index in [2.05, 4.69) is 21.3 Å². The maximum atomic E-state index is 12.2. The summed E-state index contributed by atoms with van der Waals surface area (Å²) in [5, 5.41) is 2.94. The zero-order valence-electron chi connectivity index (χ0n) is 12.4. The number of carbonyl (C=O) groups excluding carboxylic acids is 1. The van der Waals surface area contributed by atoms with Crippen LogP contribution in [0.15, 0.2) is 30.5 Å². The van der Waals surface area contributed by atoms with E-state index in [1.54, 1.807) is 0 Å². The van der Waals surface area contributed by atoms with E-state index < -0.39 is 0 Å². The predicted molar refractivity (Wildman–Crippen MR) is 82.1 cm³/mol. The molecule has 2 aromatic rings. The summed E-state index contributed by atoms with van der Waals surface area (Å²) in [5.74, 6) is -0.109. The molecule has 106 valence electrons. The molecule has 0 saturated heterocycles. The van der Waals surface area contributed by atoms with Crippen molar-refractivity contribution in [1.82, 2.24) is 9.88 Å². The number of nitrogens with zero attached hydrogens (tertiary/aromatic N) is 1. The molecule has 4 nitrogen and oxygen atoms in total. The van der Waals surface area contributed by atoms with E-state index >= 15 is 0 Å². The fraction of sp³-hybridized carbons (Fsp3) is 0.312. The number of carbonyl (C=O) groups is 1. The molecule has 0 fully saturated rings. The van der Waals surface area contributed by atoms with Gasteiger partial charge in [-0.1, -0.05) is 17.7 Å². The van der Waals surface area contributed by atoms with Crippen molar-refractivity contribution in [3.8, 4) is 0 Å². The zero-order chi connectivity index (χ0) is 14.7. The summed E-state index contributed by atoms with van der Waals surface area (Å²) in [6.07, 6.45) is 1.87. The van der Waals surface area contributed by atoms with Crippen molar-refractivity contribution in [3.05, 3.63) is 52.8 Å². The fourth-order valence-electron chi connectivity index (χ4n) is 2.17. The normalized spacial score (nSPS) is 10.8. The van der Waals surface area contributed by atoms with Gasteiger partial charge in [0, 0.05) is 18.4 Å². The summed E-state index contributed by atoms with van der Waals surface area (Å²) in [4.78, 5) is 17.3. The number of amides is 1. The molecule has 2 N–H and O–H groups in total. The Morgan fingerprint density at radius 3 is 2.65 bits per heavy atom. The number of H-pyrrole nitrogens is 1. The molecule has 4 heteroatoms. The number of benzene rings is 1. The van der Waals surface area contributed by atoms with Gasteiger partial charge in [0.05, 0.1) is 0 Å². The molecule has 20 heavy (non-hydrogen) atoms. The van der Waals surface area contributed by atoms with E-state index in [9.17, 15) is 4.79 Å². The van der Waals surface area contributed by atoms with Gasteiger partial charge in [-0.15, -0.1) is 0 Å². The molecule has 1 aromatic carbocycles. The average molecular weight is 271 g/mol. The van der Waals surface area contributed by atoms with Gasteiger partial charge < -0.3 is 15.2 Å². The highest BCUT2D eigenvalue weighted by atomic mass is 16.1. The van der Waals surface area contributed by atoms with E-state index in [1.807, 2.05) is 52.3 Å². The quantitative estimate of drug-likeness (QED) is 0.898. The summed E-state index contributed by atoms with van der Waals surface area (Å²) < 4.78 is 0. The topological polar surface area (TPSA) is 48.1 Å². The van der Waals surface area contributed by atoms with Crippen molar-refractivity contribution in [1.29, 1.82) is 0 Å². The van der Waals surface area contributed by atoms with Crippen LogP contribution in [0.5, 0.6) is 0 Å². The molecule has 0 aliphatic rings. The molecule has 1 aromatic heterocycles. The Morgan fingerprint density at radius 1 is 1.25 bits per heavy atom. The highest BCUT2D eigenvalue weighted by molar-refractivity contribution is 6.03. The lowest BCUT2D eigenvalue weighted by molar-refractivity contribution is 0.102. The lowest BCUT2D eigenvalue weighted by Gasteiger charge is -2.08. The summed E-state index contributed by atoms with van der Waals surface area (Å²) in [7, 11) is 4.00. The molecule has 0 radical (unpaired) electrons. The van der Waals surface area contributed by atoms with Gasteiger partial charge in [0.25, 0.3) is 5.91 Å². The molecule has 0 aliphatic heterocycles. The Bertz CT molecular complexity index is 614. The first-order chi connectivity index (χ1) is 9.45. The first kappa shape index (κ1) is 14.3. The number of rotatable bonds is 4. The fourth-order valence-corrected chi connectivity index (χ4v) is 2.17. The SMILES string of the molecule is Cc1ccc(NC(=O)c2cc(CN(C)C)c[nH]2)c(C)c1. The van der Waals surface area contributed by atoms with Crippen LogP contribution < -0.4 is 5.32 Å². The first-order valence-corrected chi connectivity index (χ1v) is 6.66. The van der Waals surface area contributed by atoms with Crippen LogP contribution in [0.1, 0.15) is 27.2 Å². The minimum Gasteiger partial charge on any atom is -0.357 e. The van der Waals surface area contributed by atoms with Crippen LogP contribution in [0.2, 0.25) is 0 Å². The molecule has 0 bridgehead atoms. The minimum atomic E-state index is -0.109. The molecule has 0 aliphatic carbocycles. The number of aryl methyl sites for hydroxylation is 2. The van der Waals surface area contributed by atoms with Crippen LogP contribution in [-0.2, 0) is 6.54 Å². The Kier molecular flexibility index (Phi) is 4.25. The summed E-state index contributed by atoms with van der Waals surface area (Å²) in [6, 6.07) is 7.88. The van der Waals surface area contributed by atoms with Crippen molar-refractivity contribution in [2.24, 2.45) is 0 Å². The molecule has 2 rings (SSSR count). The summed E-state index contributed by atoms with van der Waals surface area (Å²) in [5.41, 5.74) is 4.79. The van der Waals surface area contributed by atoms with Gasteiger partial charge in [-0.05, 0) is 51.2 Å². The number of hydrogen-bond acceptors (Lipinski definition) is 2.